The number of fused-ring (bicyclic) bond motifs is 1. The lowest BCUT2D eigenvalue weighted by Crippen LogP contribution is -2.32. The number of rotatable bonds is 3. The summed E-state index contributed by atoms with van der Waals surface area (Å²) in [5, 5.41) is 2.73. The van der Waals surface area contributed by atoms with Crippen LogP contribution < -0.4 is 16.0 Å². The third kappa shape index (κ3) is 1.91. The van der Waals surface area contributed by atoms with Gasteiger partial charge in [-0.1, -0.05) is 29.8 Å². The van der Waals surface area contributed by atoms with Gasteiger partial charge in [-0.25, -0.2) is 0 Å². The summed E-state index contributed by atoms with van der Waals surface area (Å²) in [6.45, 7) is 0.627. The molecule has 0 saturated carbocycles. The first-order valence-corrected chi connectivity index (χ1v) is 6.97. The summed E-state index contributed by atoms with van der Waals surface area (Å²) in [6, 6.07) is 9.95. The van der Waals surface area contributed by atoms with E-state index in [1.807, 2.05) is 29.6 Å². The normalized spacial score (nSPS) is 19.3. The Bertz CT molecular complexity index is 557. The number of ether oxygens (including phenoxy) is 1. The Hall–Kier alpha value is -1.07. The van der Waals surface area contributed by atoms with Gasteiger partial charge in [0.25, 0.3) is 0 Å². The SMILES string of the molecule is NNC(c1sccc1Cl)C1COc2ccccc21. The van der Waals surface area contributed by atoms with Crippen molar-refractivity contribution < 1.29 is 4.74 Å². The zero-order valence-electron chi connectivity index (χ0n) is 9.60. The van der Waals surface area contributed by atoms with Crippen molar-refractivity contribution in [1.29, 1.82) is 0 Å². The zero-order valence-corrected chi connectivity index (χ0v) is 11.2. The van der Waals surface area contributed by atoms with Crippen LogP contribution in [0.5, 0.6) is 5.75 Å². The van der Waals surface area contributed by atoms with Crippen LogP contribution in [0.25, 0.3) is 0 Å². The van der Waals surface area contributed by atoms with Crippen LogP contribution in [-0.4, -0.2) is 6.61 Å². The monoisotopic (exact) mass is 280 g/mol. The van der Waals surface area contributed by atoms with Gasteiger partial charge in [-0.15, -0.1) is 11.3 Å². The minimum atomic E-state index is -0.0128. The molecule has 1 aromatic heterocycles. The second-order valence-electron chi connectivity index (χ2n) is 4.23. The molecular formula is C13H13ClN2OS. The maximum absolute atomic E-state index is 6.19. The standard InChI is InChI=1S/C13H13ClN2OS/c14-10-5-6-18-13(10)12(16-15)9-7-17-11-4-2-1-3-8(9)11/h1-6,9,12,16H,7,15H2. The maximum atomic E-state index is 6.19. The summed E-state index contributed by atoms with van der Waals surface area (Å²) in [4.78, 5) is 1.06. The molecule has 2 heterocycles. The van der Waals surface area contributed by atoms with E-state index in [1.165, 1.54) is 5.56 Å². The van der Waals surface area contributed by atoms with Crippen LogP contribution in [0.2, 0.25) is 5.02 Å². The van der Waals surface area contributed by atoms with Gasteiger partial charge in [0.05, 0.1) is 17.7 Å². The van der Waals surface area contributed by atoms with Gasteiger partial charge >= 0.3 is 0 Å². The van der Waals surface area contributed by atoms with Gasteiger partial charge in [0, 0.05) is 16.4 Å². The van der Waals surface area contributed by atoms with Crippen molar-refractivity contribution >= 4 is 22.9 Å². The fourth-order valence-corrected chi connectivity index (χ4v) is 3.66. The van der Waals surface area contributed by atoms with Gasteiger partial charge in [0.1, 0.15) is 5.75 Å². The van der Waals surface area contributed by atoms with E-state index in [4.69, 9.17) is 22.2 Å². The molecule has 1 aliphatic rings. The minimum absolute atomic E-state index is 0.0128. The summed E-state index contributed by atoms with van der Waals surface area (Å²) in [5.74, 6) is 6.85. The van der Waals surface area contributed by atoms with Crippen molar-refractivity contribution in [3.05, 3.63) is 51.2 Å². The molecule has 3 N–H and O–H groups in total. The van der Waals surface area contributed by atoms with E-state index in [1.54, 1.807) is 11.3 Å². The smallest absolute Gasteiger partial charge is 0.122 e. The highest BCUT2D eigenvalue weighted by Crippen LogP contribution is 2.43. The molecule has 2 aromatic rings. The molecule has 5 heteroatoms. The predicted molar refractivity (Wildman–Crippen MR) is 74.1 cm³/mol. The van der Waals surface area contributed by atoms with Crippen LogP contribution in [0.15, 0.2) is 35.7 Å². The number of hydrogen-bond donors (Lipinski definition) is 2. The van der Waals surface area contributed by atoms with Crippen LogP contribution >= 0.6 is 22.9 Å². The average molecular weight is 281 g/mol. The Morgan fingerprint density at radius 1 is 1.39 bits per heavy atom. The lowest BCUT2D eigenvalue weighted by molar-refractivity contribution is 0.302. The molecule has 0 amide bonds. The Morgan fingerprint density at radius 3 is 2.94 bits per heavy atom. The van der Waals surface area contributed by atoms with Crippen molar-refractivity contribution in [2.24, 2.45) is 5.84 Å². The van der Waals surface area contributed by atoms with Gasteiger partial charge in [-0.2, -0.15) is 0 Å². The van der Waals surface area contributed by atoms with Crippen molar-refractivity contribution in [1.82, 2.24) is 5.43 Å². The van der Waals surface area contributed by atoms with Crippen molar-refractivity contribution in [3.63, 3.8) is 0 Å². The van der Waals surface area contributed by atoms with Gasteiger partial charge in [0.2, 0.25) is 0 Å². The molecule has 0 radical (unpaired) electrons. The van der Waals surface area contributed by atoms with E-state index in [0.29, 0.717) is 6.61 Å². The summed E-state index contributed by atoms with van der Waals surface area (Å²) < 4.78 is 5.70. The highest BCUT2D eigenvalue weighted by Gasteiger charge is 2.33. The Balaban J connectivity index is 1.98. The second-order valence-corrected chi connectivity index (χ2v) is 5.59. The fourth-order valence-electron chi connectivity index (χ4n) is 2.37. The number of nitrogens with two attached hydrogens (primary N) is 1. The number of nitrogens with one attached hydrogen (secondary N) is 1. The second kappa shape index (κ2) is 4.90. The van der Waals surface area contributed by atoms with Crippen molar-refractivity contribution in [2.45, 2.75) is 12.0 Å². The maximum Gasteiger partial charge on any atom is 0.122 e. The molecule has 2 atom stereocenters. The van der Waals surface area contributed by atoms with E-state index in [9.17, 15) is 0 Å². The zero-order chi connectivity index (χ0) is 12.5. The Kier molecular flexibility index (Phi) is 3.26. The summed E-state index contributed by atoms with van der Waals surface area (Å²) in [7, 11) is 0. The summed E-state index contributed by atoms with van der Waals surface area (Å²) in [5.41, 5.74) is 4.06. The lowest BCUT2D eigenvalue weighted by Gasteiger charge is -2.21. The van der Waals surface area contributed by atoms with E-state index < -0.39 is 0 Å². The minimum Gasteiger partial charge on any atom is -0.493 e. The van der Waals surface area contributed by atoms with E-state index in [2.05, 4.69) is 11.5 Å². The van der Waals surface area contributed by atoms with Gasteiger partial charge in [-0.3, -0.25) is 11.3 Å². The van der Waals surface area contributed by atoms with E-state index in [0.717, 1.165) is 15.6 Å². The van der Waals surface area contributed by atoms with Gasteiger partial charge < -0.3 is 4.74 Å². The number of benzene rings is 1. The predicted octanol–water partition coefficient (Wildman–Crippen LogP) is 3.08. The average Bonchev–Trinajstić information content (AvgIpc) is 2.99. The van der Waals surface area contributed by atoms with Crippen LogP contribution in [0.3, 0.4) is 0 Å². The molecule has 0 saturated heterocycles. The van der Waals surface area contributed by atoms with Crippen LogP contribution in [0.1, 0.15) is 22.4 Å². The topological polar surface area (TPSA) is 47.3 Å². The fraction of sp³-hybridized carbons (Fsp3) is 0.231. The summed E-state index contributed by atoms with van der Waals surface area (Å²) in [6.07, 6.45) is 0. The Labute approximate surface area is 114 Å². The molecule has 0 spiro atoms. The van der Waals surface area contributed by atoms with Gasteiger partial charge in [0.15, 0.2) is 0 Å². The molecule has 18 heavy (non-hydrogen) atoms. The highest BCUT2D eigenvalue weighted by atomic mass is 35.5. The van der Waals surface area contributed by atoms with Crippen LogP contribution in [0, 0.1) is 0 Å². The largest absolute Gasteiger partial charge is 0.493 e. The van der Waals surface area contributed by atoms with E-state index >= 15 is 0 Å². The number of thiophene rings is 1. The van der Waals surface area contributed by atoms with Crippen molar-refractivity contribution in [2.75, 3.05) is 6.61 Å². The lowest BCUT2D eigenvalue weighted by atomic mass is 9.93. The third-order valence-electron chi connectivity index (χ3n) is 3.25. The molecule has 94 valence electrons. The molecule has 2 unspecified atom stereocenters. The number of para-hydroxylation sites is 1. The van der Waals surface area contributed by atoms with Gasteiger partial charge in [-0.05, 0) is 17.5 Å². The molecule has 1 aliphatic heterocycles. The number of halogens is 1. The molecule has 1 aromatic carbocycles. The first-order chi connectivity index (χ1) is 8.81. The molecule has 0 bridgehead atoms. The molecule has 0 fully saturated rings. The molecule has 3 nitrogen and oxygen atoms in total. The van der Waals surface area contributed by atoms with Crippen molar-refractivity contribution in [3.8, 4) is 5.75 Å². The van der Waals surface area contributed by atoms with Crippen LogP contribution in [-0.2, 0) is 0 Å². The quantitative estimate of drug-likeness (QED) is 0.671. The molecular weight excluding hydrogens is 268 g/mol. The first kappa shape index (κ1) is 12.0. The molecule has 0 aliphatic carbocycles. The first-order valence-electron chi connectivity index (χ1n) is 5.72. The van der Waals surface area contributed by atoms with Crippen LogP contribution in [0.4, 0.5) is 0 Å². The summed E-state index contributed by atoms with van der Waals surface area (Å²) >= 11 is 7.81. The molecule has 3 rings (SSSR count). The highest BCUT2D eigenvalue weighted by molar-refractivity contribution is 7.10. The number of hydrazine groups is 1. The third-order valence-corrected chi connectivity index (χ3v) is 4.69. The van der Waals surface area contributed by atoms with E-state index in [-0.39, 0.29) is 12.0 Å². The number of hydrogen-bond acceptors (Lipinski definition) is 4. The Morgan fingerprint density at radius 2 is 2.22 bits per heavy atom.